The molecule has 2 heterocycles. The van der Waals surface area contributed by atoms with Crippen LogP contribution in [0.1, 0.15) is 25.0 Å². The first-order chi connectivity index (χ1) is 7.79. The molecule has 0 radical (unpaired) electrons. The molecule has 4 nitrogen and oxygen atoms in total. The van der Waals surface area contributed by atoms with Gasteiger partial charge in [0.25, 0.3) is 0 Å². The predicted molar refractivity (Wildman–Crippen MR) is 60.9 cm³/mol. The molecule has 0 amide bonds. The van der Waals surface area contributed by atoms with E-state index in [-0.39, 0.29) is 0 Å². The van der Waals surface area contributed by atoms with Crippen LogP contribution >= 0.6 is 0 Å². The SMILES string of the molecule is CCCNCc1ncc(-c2ccc(C)o2)o1. The third-order valence-electron chi connectivity index (χ3n) is 2.24. The number of oxazole rings is 1. The summed E-state index contributed by atoms with van der Waals surface area (Å²) in [5.74, 6) is 2.97. The highest BCUT2D eigenvalue weighted by atomic mass is 16.4. The van der Waals surface area contributed by atoms with Crippen LogP contribution in [0.25, 0.3) is 11.5 Å². The van der Waals surface area contributed by atoms with Crippen LogP contribution in [0.5, 0.6) is 0 Å². The molecule has 0 aliphatic rings. The molecular formula is C12H16N2O2. The Hall–Kier alpha value is -1.55. The Kier molecular flexibility index (Phi) is 3.41. The summed E-state index contributed by atoms with van der Waals surface area (Å²) in [5.41, 5.74) is 0. The summed E-state index contributed by atoms with van der Waals surface area (Å²) in [7, 11) is 0. The van der Waals surface area contributed by atoms with Gasteiger partial charge >= 0.3 is 0 Å². The van der Waals surface area contributed by atoms with Crippen LogP contribution in [0, 0.1) is 6.92 Å². The van der Waals surface area contributed by atoms with E-state index >= 15 is 0 Å². The van der Waals surface area contributed by atoms with E-state index in [1.54, 1.807) is 6.20 Å². The van der Waals surface area contributed by atoms with Gasteiger partial charge in [-0.2, -0.15) is 0 Å². The van der Waals surface area contributed by atoms with Gasteiger partial charge in [-0.1, -0.05) is 6.92 Å². The summed E-state index contributed by atoms with van der Waals surface area (Å²) in [6.07, 6.45) is 2.80. The highest BCUT2D eigenvalue weighted by Gasteiger charge is 2.08. The van der Waals surface area contributed by atoms with Gasteiger partial charge in [0.2, 0.25) is 5.89 Å². The number of furan rings is 1. The topological polar surface area (TPSA) is 51.2 Å². The fourth-order valence-corrected chi connectivity index (χ4v) is 1.44. The molecule has 0 aliphatic carbocycles. The molecule has 2 aromatic heterocycles. The third kappa shape index (κ3) is 2.52. The van der Waals surface area contributed by atoms with E-state index in [0.29, 0.717) is 18.2 Å². The number of hydrogen-bond acceptors (Lipinski definition) is 4. The number of aryl methyl sites for hydroxylation is 1. The maximum Gasteiger partial charge on any atom is 0.209 e. The minimum atomic E-state index is 0.660. The van der Waals surface area contributed by atoms with Crippen LogP contribution in [-0.4, -0.2) is 11.5 Å². The lowest BCUT2D eigenvalue weighted by atomic mass is 10.4. The van der Waals surface area contributed by atoms with Crippen molar-refractivity contribution in [2.75, 3.05) is 6.54 Å². The average molecular weight is 220 g/mol. The van der Waals surface area contributed by atoms with Crippen molar-refractivity contribution in [1.82, 2.24) is 10.3 Å². The van der Waals surface area contributed by atoms with Gasteiger partial charge in [0.15, 0.2) is 11.5 Å². The fraction of sp³-hybridized carbons (Fsp3) is 0.417. The van der Waals surface area contributed by atoms with Crippen LogP contribution in [0.3, 0.4) is 0 Å². The standard InChI is InChI=1S/C12H16N2O2/c1-3-6-13-8-12-14-7-11(16-12)10-5-4-9(2)15-10/h4-5,7,13H,3,6,8H2,1-2H3. The summed E-state index contributed by atoms with van der Waals surface area (Å²) in [6.45, 7) is 5.66. The van der Waals surface area contributed by atoms with Crippen LogP contribution in [-0.2, 0) is 6.54 Å². The monoisotopic (exact) mass is 220 g/mol. The van der Waals surface area contributed by atoms with E-state index in [2.05, 4.69) is 17.2 Å². The van der Waals surface area contributed by atoms with Gasteiger partial charge < -0.3 is 14.2 Å². The van der Waals surface area contributed by atoms with Crippen LogP contribution < -0.4 is 5.32 Å². The van der Waals surface area contributed by atoms with Crippen molar-refractivity contribution < 1.29 is 8.83 Å². The summed E-state index contributed by atoms with van der Waals surface area (Å²) < 4.78 is 11.0. The normalized spacial score (nSPS) is 10.9. The number of nitrogens with zero attached hydrogens (tertiary/aromatic N) is 1. The Balaban J connectivity index is 2.02. The van der Waals surface area contributed by atoms with Crippen molar-refractivity contribution in [3.63, 3.8) is 0 Å². The molecule has 0 spiro atoms. The maximum absolute atomic E-state index is 5.56. The van der Waals surface area contributed by atoms with Crippen molar-refractivity contribution in [1.29, 1.82) is 0 Å². The zero-order valence-corrected chi connectivity index (χ0v) is 9.62. The van der Waals surface area contributed by atoms with Gasteiger partial charge in [0.1, 0.15) is 5.76 Å². The molecule has 0 atom stereocenters. The quantitative estimate of drug-likeness (QED) is 0.787. The molecule has 2 aromatic rings. The summed E-state index contributed by atoms with van der Waals surface area (Å²) in [4.78, 5) is 4.18. The second-order valence-corrected chi connectivity index (χ2v) is 3.71. The van der Waals surface area contributed by atoms with Crippen molar-refractivity contribution >= 4 is 0 Å². The largest absolute Gasteiger partial charge is 0.458 e. The van der Waals surface area contributed by atoms with E-state index in [1.807, 2.05) is 19.1 Å². The van der Waals surface area contributed by atoms with Gasteiger partial charge in [-0.25, -0.2) is 4.98 Å². The predicted octanol–water partition coefficient (Wildman–Crippen LogP) is 2.74. The molecule has 1 N–H and O–H groups in total. The molecule has 0 aliphatic heterocycles. The lowest BCUT2D eigenvalue weighted by molar-refractivity contribution is 0.457. The van der Waals surface area contributed by atoms with Gasteiger partial charge in [0.05, 0.1) is 12.7 Å². The Morgan fingerprint density at radius 3 is 2.81 bits per heavy atom. The molecule has 0 saturated carbocycles. The Morgan fingerprint density at radius 1 is 1.25 bits per heavy atom. The average Bonchev–Trinajstić information content (AvgIpc) is 2.87. The van der Waals surface area contributed by atoms with Crippen molar-refractivity contribution in [3.8, 4) is 11.5 Å². The second kappa shape index (κ2) is 4.99. The summed E-state index contributed by atoms with van der Waals surface area (Å²) in [5, 5.41) is 3.23. The molecule has 0 unspecified atom stereocenters. The van der Waals surface area contributed by atoms with Crippen molar-refractivity contribution in [3.05, 3.63) is 30.0 Å². The van der Waals surface area contributed by atoms with Gasteiger partial charge in [-0.05, 0) is 32.0 Å². The molecule has 0 fully saturated rings. The van der Waals surface area contributed by atoms with E-state index in [1.165, 1.54) is 0 Å². The van der Waals surface area contributed by atoms with Crippen molar-refractivity contribution in [2.24, 2.45) is 0 Å². The molecule has 16 heavy (non-hydrogen) atoms. The first-order valence-corrected chi connectivity index (χ1v) is 5.52. The highest BCUT2D eigenvalue weighted by molar-refractivity contribution is 5.48. The molecule has 0 bridgehead atoms. The molecule has 4 heteroatoms. The molecule has 86 valence electrons. The number of aromatic nitrogens is 1. The third-order valence-corrected chi connectivity index (χ3v) is 2.24. The Labute approximate surface area is 94.7 Å². The van der Waals surface area contributed by atoms with Gasteiger partial charge in [0, 0.05) is 0 Å². The molecular weight excluding hydrogens is 204 g/mol. The lowest BCUT2D eigenvalue weighted by Gasteiger charge is -1.97. The fourth-order valence-electron chi connectivity index (χ4n) is 1.44. The smallest absolute Gasteiger partial charge is 0.209 e. The van der Waals surface area contributed by atoms with Crippen LogP contribution in [0.4, 0.5) is 0 Å². The Morgan fingerprint density at radius 2 is 2.12 bits per heavy atom. The van der Waals surface area contributed by atoms with E-state index < -0.39 is 0 Å². The van der Waals surface area contributed by atoms with Gasteiger partial charge in [-0.15, -0.1) is 0 Å². The maximum atomic E-state index is 5.56. The summed E-state index contributed by atoms with van der Waals surface area (Å²) in [6, 6.07) is 3.80. The van der Waals surface area contributed by atoms with E-state index in [4.69, 9.17) is 8.83 Å². The summed E-state index contributed by atoms with van der Waals surface area (Å²) >= 11 is 0. The number of rotatable bonds is 5. The molecule has 2 rings (SSSR count). The minimum Gasteiger partial charge on any atom is -0.458 e. The number of nitrogens with one attached hydrogen (secondary N) is 1. The first kappa shape index (κ1) is 11.0. The highest BCUT2D eigenvalue weighted by Crippen LogP contribution is 2.22. The first-order valence-electron chi connectivity index (χ1n) is 5.52. The molecule has 0 saturated heterocycles. The van der Waals surface area contributed by atoms with Crippen LogP contribution in [0.15, 0.2) is 27.2 Å². The number of hydrogen-bond donors (Lipinski definition) is 1. The van der Waals surface area contributed by atoms with E-state index in [9.17, 15) is 0 Å². The van der Waals surface area contributed by atoms with E-state index in [0.717, 1.165) is 24.5 Å². The molecule has 0 aromatic carbocycles. The van der Waals surface area contributed by atoms with Crippen molar-refractivity contribution in [2.45, 2.75) is 26.8 Å². The zero-order valence-electron chi connectivity index (χ0n) is 9.62. The zero-order chi connectivity index (χ0) is 11.4. The Bertz CT molecular complexity index is 445. The second-order valence-electron chi connectivity index (χ2n) is 3.71. The van der Waals surface area contributed by atoms with Gasteiger partial charge in [-0.3, -0.25) is 0 Å². The van der Waals surface area contributed by atoms with Crippen LogP contribution in [0.2, 0.25) is 0 Å². The lowest BCUT2D eigenvalue weighted by Crippen LogP contribution is -2.13. The minimum absolute atomic E-state index is 0.660.